The molecule has 6 nitrogen and oxygen atoms in total. The molecule has 1 heterocycles. The van der Waals surface area contributed by atoms with Crippen molar-refractivity contribution in [2.75, 3.05) is 6.54 Å². The van der Waals surface area contributed by atoms with Crippen LogP contribution in [-0.2, 0) is 0 Å². The third-order valence-electron chi connectivity index (χ3n) is 2.44. The Morgan fingerprint density at radius 1 is 1.42 bits per heavy atom. The fourth-order valence-corrected chi connectivity index (χ4v) is 1.75. The summed E-state index contributed by atoms with van der Waals surface area (Å²) in [7, 11) is 0. The lowest BCUT2D eigenvalue weighted by atomic mass is 9.89. The molecule has 0 saturated heterocycles. The Hall–Kier alpha value is -1.82. The van der Waals surface area contributed by atoms with Crippen molar-refractivity contribution in [1.29, 1.82) is 0 Å². The zero-order chi connectivity index (χ0) is 14.6. The van der Waals surface area contributed by atoms with Crippen molar-refractivity contribution < 1.29 is 15.0 Å². The summed E-state index contributed by atoms with van der Waals surface area (Å²) in [6, 6.07) is 2.25. The fraction of sp³-hybridized carbons (Fsp3) is 0.538. The van der Waals surface area contributed by atoms with Crippen molar-refractivity contribution >= 4 is 5.91 Å². The predicted octanol–water partition coefficient (Wildman–Crippen LogP) is 0.607. The van der Waals surface area contributed by atoms with Gasteiger partial charge < -0.3 is 15.5 Å². The minimum absolute atomic E-state index is 0.0354. The summed E-state index contributed by atoms with van der Waals surface area (Å²) in [6.07, 6.45) is -0.104. The molecule has 0 aliphatic carbocycles. The van der Waals surface area contributed by atoms with Crippen LogP contribution >= 0.6 is 0 Å². The fourth-order valence-electron chi connectivity index (χ4n) is 1.75. The SMILES string of the molecule is CC(C)(C)CC(O)CNC(=O)c1cc(O)[nH]c(=O)c1. The summed E-state index contributed by atoms with van der Waals surface area (Å²) in [6.45, 7) is 6.08. The molecule has 19 heavy (non-hydrogen) atoms. The summed E-state index contributed by atoms with van der Waals surface area (Å²) in [5.74, 6) is -0.873. The molecular formula is C13H20N2O4. The van der Waals surface area contributed by atoms with Crippen LogP contribution < -0.4 is 10.9 Å². The van der Waals surface area contributed by atoms with Gasteiger partial charge in [-0.25, -0.2) is 0 Å². The maximum absolute atomic E-state index is 11.7. The van der Waals surface area contributed by atoms with E-state index < -0.39 is 17.6 Å². The summed E-state index contributed by atoms with van der Waals surface area (Å²) < 4.78 is 0. The number of amides is 1. The average Bonchev–Trinajstić information content (AvgIpc) is 2.22. The van der Waals surface area contributed by atoms with E-state index in [-0.39, 0.29) is 23.4 Å². The van der Waals surface area contributed by atoms with Crippen LogP contribution in [0, 0.1) is 5.41 Å². The Kier molecular flexibility index (Phi) is 4.72. The Bertz CT molecular complexity index is 502. The Morgan fingerprint density at radius 2 is 2.05 bits per heavy atom. The van der Waals surface area contributed by atoms with E-state index in [4.69, 9.17) is 0 Å². The zero-order valence-corrected chi connectivity index (χ0v) is 11.4. The molecular weight excluding hydrogens is 248 g/mol. The van der Waals surface area contributed by atoms with Gasteiger partial charge in [0.2, 0.25) is 0 Å². The standard InChI is InChI=1S/C13H20N2O4/c1-13(2,3)6-9(16)7-14-12(19)8-4-10(17)15-11(18)5-8/h4-5,9,16H,6-7H2,1-3H3,(H,14,19)(H2,15,17,18). The maximum atomic E-state index is 11.7. The molecule has 0 aliphatic heterocycles. The number of aromatic nitrogens is 1. The van der Waals surface area contributed by atoms with Crippen molar-refractivity contribution in [2.24, 2.45) is 5.41 Å². The number of hydrogen-bond acceptors (Lipinski definition) is 4. The van der Waals surface area contributed by atoms with Gasteiger partial charge in [0.15, 0.2) is 5.88 Å². The molecule has 1 amide bonds. The van der Waals surface area contributed by atoms with E-state index in [1.54, 1.807) is 0 Å². The van der Waals surface area contributed by atoms with Crippen molar-refractivity contribution in [3.8, 4) is 5.88 Å². The molecule has 1 atom stereocenters. The van der Waals surface area contributed by atoms with Crippen LogP contribution in [0.4, 0.5) is 0 Å². The number of H-pyrrole nitrogens is 1. The summed E-state index contributed by atoms with van der Waals surface area (Å²) in [5.41, 5.74) is -0.531. The lowest BCUT2D eigenvalue weighted by Gasteiger charge is -2.22. The maximum Gasteiger partial charge on any atom is 0.251 e. The molecule has 1 rings (SSSR count). The number of nitrogens with one attached hydrogen (secondary N) is 2. The largest absolute Gasteiger partial charge is 0.494 e. The van der Waals surface area contributed by atoms with Gasteiger partial charge in [0.25, 0.3) is 11.5 Å². The number of aromatic amines is 1. The van der Waals surface area contributed by atoms with Crippen molar-refractivity contribution in [3.05, 3.63) is 28.0 Å². The van der Waals surface area contributed by atoms with E-state index in [0.29, 0.717) is 6.42 Å². The second-order valence-electron chi connectivity index (χ2n) is 5.75. The van der Waals surface area contributed by atoms with Crippen LogP contribution in [0.2, 0.25) is 0 Å². The zero-order valence-electron chi connectivity index (χ0n) is 11.4. The van der Waals surface area contributed by atoms with Crippen LogP contribution in [-0.4, -0.2) is 33.8 Å². The number of carbonyl (C=O) groups excluding carboxylic acids is 1. The van der Waals surface area contributed by atoms with E-state index >= 15 is 0 Å². The normalized spacial score (nSPS) is 13.1. The number of aromatic hydroxyl groups is 1. The van der Waals surface area contributed by atoms with Gasteiger partial charge in [0.1, 0.15) is 0 Å². The van der Waals surface area contributed by atoms with E-state index in [2.05, 4.69) is 10.3 Å². The molecule has 0 bridgehead atoms. The molecule has 4 N–H and O–H groups in total. The molecule has 1 unspecified atom stereocenters. The van der Waals surface area contributed by atoms with Gasteiger partial charge >= 0.3 is 0 Å². The highest BCUT2D eigenvalue weighted by Crippen LogP contribution is 2.20. The van der Waals surface area contributed by atoms with E-state index in [0.717, 1.165) is 12.1 Å². The molecule has 106 valence electrons. The van der Waals surface area contributed by atoms with Crippen LogP contribution in [0.15, 0.2) is 16.9 Å². The van der Waals surface area contributed by atoms with Gasteiger partial charge in [-0.15, -0.1) is 0 Å². The first kappa shape index (κ1) is 15.2. The molecule has 0 saturated carbocycles. The average molecular weight is 268 g/mol. The molecule has 6 heteroatoms. The number of rotatable bonds is 4. The predicted molar refractivity (Wildman–Crippen MR) is 71.1 cm³/mol. The highest BCUT2D eigenvalue weighted by atomic mass is 16.3. The Balaban J connectivity index is 2.58. The number of hydrogen-bond donors (Lipinski definition) is 4. The summed E-state index contributed by atoms with van der Waals surface area (Å²) in [4.78, 5) is 25.0. The first-order valence-corrected chi connectivity index (χ1v) is 6.07. The Labute approximate surface area is 111 Å². The highest BCUT2D eigenvalue weighted by molar-refractivity contribution is 5.94. The minimum atomic E-state index is -0.653. The third-order valence-corrected chi connectivity index (χ3v) is 2.44. The van der Waals surface area contributed by atoms with Crippen molar-refractivity contribution in [3.63, 3.8) is 0 Å². The van der Waals surface area contributed by atoms with Gasteiger partial charge in [0, 0.05) is 18.7 Å². The van der Waals surface area contributed by atoms with Gasteiger partial charge in [-0.2, -0.15) is 0 Å². The van der Waals surface area contributed by atoms with E-state index in [1.165, 1.54) is 0 Å². The molecule has 0 spiro atoms. The van der Waals surface area contributed by atoms with Crippen LogP contribution in [0.3, 0.4) is 0 Å². The summed E-state index contributed by atoms with van der Waals surface area (Å²) >= 11 is 0. The molecule has 0 fully saturated rings. The molecule has 0 aliphatic rings. The Morgan fingerprint density at radius 3 is 2.58 bits per heavy atom. The van der Waals surface area contributed by atoms with Gasteiger partial charge in [0.05, 0.1) is 11.7 Å². The van der Waals surface area contributed by atoms with Crippen LogP contribution in [0.1, 0.15) is 37.6 Å². The summed E-state index contributed by atoms with van der Waals surface area (Å²) in [5, 5.41) is 21.5. The highest BCUT2D eigenvalue weighted by Gasteiger charge is 2.17. The molecule has 1 aromatic rings. The monoisotopic (exact) mass is 268 g/mol. The second-order valence-corrected chi connectivity index (χ2v) is 5.75. The van der Waals surface area contributed by atoms with Crippen molar-refractivity contribution in [1.82, 2.24) is 10.3 Å². The number of pyridine rings is 1. The quantitative estimate of drug-likeness (QED) is 0.642. The van der Waals surface area contributed by atoms with Gasteiger partial charge in [-0.05, 0) is 11.8 Å². The van der Waals surface area contributed by atoms with Gasteiger partial charge in [-0.1, -0.05) is 20.8 Å². The van der Waals surface area contributed by atoms with Crippen LogP contribution in [0.25, 0.3) is 0 Å². The topological polar surface area (TPSA) is 102 Å². The van der Waals surface area contributed by atoms with Gasteiger partial charge in [-0.3, -0.25) is 14.6 Å². The van der Waals surface area contributed by atoms with Crippen molar-refractivity contribution in [2.45, 2.75) is 33.3 Å². The third kappa shape index (κ3) is 5.56. The molecule has 0 radical (unpaired) electrons. The second kappa shape index (κ2) is 5.88. The lowest BCUT2D eigenvalue weighted by Crippen LogP contribution is -2.34. The van der Waals surface area contributed by atoms with E-state index in [1.807, 2.05) is 20.8 Å². The smallest absolute Gasteiger partial charge is 0.251 e. The first-order valence-electron chi connectivity index (χ1n) is 6.07. The van der Waals surface area contributed by atoms with Crippen LogP contribution in [0.5, 0.6) is 5.88 Å². The molecule has 0 aromatic carbocycles. The number of aliphatic hydroxyl groups is 1. The number of aliphatic hydroxyl groups excluding tert-OH is 1. The minimum Gasteiger partial charge on any atom is -0.494 e. The number of carbonyl (C=O) groups is 1. The van der Waals surface area contributed by atoms with E-state index in [9.17, 15) is 19.8 Å². The lowest BCUT2D eigenvalue weighted by molar-refractivity contribution is 0.0868. The first-order chi connectivity index (χ1) is 8.67. The molecule has 1 aromatic heterocycles.